The van der Waals surface area contributed by atoms with E-state index in [1.165, 1.54) is 18.3 Å². The van der Waals surface area contributed by atoms with E-state index in [1.807, 2.05) is 0 Å². The Balaban J connectivity index is 1.86. The Morgan fingerprint density at radius 3 is 2.55 bits per heavy atom. The molecule has 22 heavy (non-hydrogen) atoms. The zero-order chi connectivity index (χ0) is 16.2. The number of nitrogens with one attached hydrogen (secondary N) is 2. The molecule has 2 aromatic rings. The van der Waals surface area contributed by atoms with Gasteiger partial charge in [0.1, 0.15) is 5.75 Å². The molecular formula is C14H14F3N3O2. The minimum absolute atomic E-state index is 0.123. The van der Waals surface area contributed by atoms with Crippen molar-refractivity contribution in [1.29, 1.82) is 0 Å². The number of ether oxygens (including phenoxy) is 1. The number of H-pyrrole nitrogens is 1. The van der Waals surface area contributed by atoms with Crippen LogP contribution in [0.15, 0.2) is 30.5 Å². The molecule has 0 saturated heterocycles. The fourth-order valence-corrected chi connectivity index (χ4v) is 1.73. The van der Waals surface area contributed by atoms with Crippen LogP contribution in [0.25, 0.3) is 0 Å². The molecule has 0 bridgehead atoms. The maximum atomic E-state index is 12.0. The van der Waals surface area contributed by atoms with Crippen molar-refractivity contribution in [2.24, 2.45) is 0 Å². The van der Waals surface area contributed by atoms with Crippen LogP contribution < -0.4 is 10.1 Å². The lowest BCUT2D eigenvalue weighted by molar-refractivity contribution is -0.153. The van der Waals surface area contributed by atoms with Gasteiger partial charge in [-0.2, -0.15) is 18.3 Å². The summed E-state index contributed by atoms with van der Waals surface area (Å²) in [7, 11) is 0. The van der Waals surface area contributed by atoms with Crippen LogP contribution in [-0.2, 0) is 6.54 Å². The number of amides is 1. The quantitative estimate of drug-likeness (QED) is 0.891. The molecule has 0 spiro atoms. The summed E-state index contributed by atoms with van der Waals surface area (Å²) in [4.78, 5) is 11.9. The molecule has 2 N–H and O–H groups in total. The number of aromatic amines is 1. The molecule has 1 amide bonds. The summed E-state index contributed by atoms with van der Waals surface area (Å²) in [6, 6.07) is 6.04. The Morgan fingerprint density at radius 1 is 1.32 bits per heavy atom. The number of hydrogen-bond acceptors (Lipinski definition) is 3. The molecule has 1 aromatic heterocycles. The molecule has 0 unspecified atom stereocenters. The van der Waals surface area contributed by atoms with Crippen molar-refractivity contribution in [1.82, 2.24) is 15.5 Å². The molecule has 1 heterocycles. The number of nitrogens with zero attached hydrogens (tertiary/aromatic N) is 1. The van der Waals surface area contributed by atoms with Crippen LogP contribution in [0.5, 0.6) is 5.75 Å². The number of carbonyl (C=O) groups is 1. The fourth-order valence-electron chi connectivity index (χ4n) is 1.73. The van der Waals surface area contributed by atoms with Crippen molar-refractivity contribution in [3.05, 3.63) is 47.3 Å². The maximum absolute atomic E-state index is 12.0. The normalized spacial score (nSPS) is 11.3. The Bertz CT molecular complexity index is 636. The first kappa shape index (κ1) is 15.9. The van der Waals surface area contributed by atoms with E-state index in [0.717, 1.165) is 5.56 Å². The second-order valence-corrected chi connectivity index (χ2v) is 4.64. The third-order valence-electron chi connectivity index (χ3n) is 2.85. The SMILES string of the molecule is Cc1[nH]ncc1C(=O)NCc1ccc(OCC(F)(F)F)cc1. The first-order valence-corrected chi connectivity index (χ1v) is 6.42. The number of alkyl halides is 3. The van der Waals surface area contributed by atoms with Crippen molar-refractivity contribution in [3.8, 4) is 5.75 Å². The van der Waals surface area contributed by atoms with Crippen LogP contribution in [0, 0.1) is 6.92 Å². The van der Waals surface area contributed by atoms with Gasteiger partial charge in [-0.05, 0) is 24.6 Å². The highest BCUT2D eigenvalue weighted by Crippen LogP contribution is 2.18. The van der Waals surface area contributed by atoms with E-state index in [1.54, 1.807) is 19.1 Å². The van der Waals surface area contributed by atoms with Gasteiger partial charge < -0.3 is 10.1 Å². The fraction of sp³-hybridized carbons (Fsp3) is 0.286. The standard InChI is InChI=1S/C14H14F3N3O2/c1-9-12(7-19-20-9)13(21)18-6-10-2-4-11(5-3-10)22-8-14(15,16)17/h2-5,7H,6,8H2,1H3,(H,18,21)(H,19,20). The van der Waals surface area contributed by atoms with Gasteiger partial charge in [0.2, 0.25) is 0 Å². The molecular weight excluding hydrogens is 299 g/mol. The van der Waals surface area contributed by atoms with Gasteiger partial charge in [-0.3, -0.25) is 9.89 Å². The van der Waals surface area contributed by atoms with Gasteiger partial charge in [-0.1, -0.05) is 12.1 Å². The number of carbonyl (C=O) groups excluding carboxylic acids is 1. The molecule has 0 atom stereocenters. The van der Waals surface area contributed by atoms with E-state index in [-0.39, 0.29) is 18.2 Å². The zero-order valence-corrected chi connectivity index (χ0v) is 11.7. The number of aryl methyl sites for hydroxylation is 1. The summed E-state index contributed by atoms with van der Waals surface area (Å²) in [5.41, 5.74) is 1.85. The van der Waals surface area contributed by atoms with E-state index < -0.39 is 12.8 Å². The number of hydrogen-bond donors (Lipinski definition) is 2. The Morgan fingerprint density at radius 2 is 2.00 bits per heavy atom. The molecule has 0 aliphatic heterocycles. The van der Waals surface area contributed by atoms with Crippen LogP contribution in [0.2, 0.25) is 0 Å². The molecule has 0 aliphatic rings. The van der Waals surface area contributed by atoms with Gasteiger partial charge in [-0.25, -0.2) is 0 Å². The monoisotopic (exact) mass is 313 g/mol. The zero-order valence-electron chi connectivity index (χ0n) is 11.7. The second kappa shape index (κ2) is 6.50. The van der Waals surface area contributed by atoms with Crippen LogP contribution in [0.4, 0.5) is 13.2 Å². The molecule has 1 aromatic carbocycles. The van der Waals surface area contributed by atoms with Crippen LogP contribution in [-0.4, -0.2) is 28.9 Å². The van der Waals surface area contributed by atoms with Crippen LogP contribution in [0.3, 0.4) is 0 Å². The average molecular weight is 313 g/mol. The third-order valence-corrected chi connectivity index (χ3v) is 2.85. The molecule has 0 saturated carbocycles. The summed E-state index contributed by atoms with van der Waals surface area (Å²) in [5, 5.41) is 9.12. The van der Waals surface area contributed by atoms with E-state index in [0.29, 0.717) is 11.3 Å². The number of rotatable bonds is 5. The van der Waals surface area contributed by atoms with Gasteiger partial charge >= 0.3 is 6.18 Å². The van der Waals surface area contributed by atoms with Crippen molar-refractivity contribution < 1.29 is 22.7 Å². The van der Waals surface area contributed by atoms with Crippen LogP contribution >= 0.6 is 0 Å². The smallest absolute Gasteiger partial charge is 0.422 e. The molecule has 5 nitrogen and oxygen atoms in total. The van der Waals surface area contributed by atoms with E-state index in [4.69, 9.17) is 0 Å². The first-order valence-electron chi connectivity index (χ1n) is 6.42. The van der Waals surface area contributed by atoms with Crippen molar-refractivity contribution >= 4 is 5.91 Å². The highest BCUT2D eigenvalue weighted by molar-refractivity contribution is 5.94. The van der Waals surface area contributed by atoms with Gasteiger partial charge in [0, 0.05) is 12.2 Å². The lowest BCUT2D eigenvalue weighted by Crippen LogP contribution is -2.23. The van der Waals surface area contributed by atoms with E-state index >= 15 is 0 Å². The highest BCUT2D eigenvalue weighted by Gasteiger charge is 2.28. The number of benzene rings is 1. The van der Waals surface area contributed by atoms with Crippen molar-refractivity contribution in [2.45, 2.75) is 19.6 Å². The summed E-state index contributed by atoms with van der Waals surface area (Å²) in [6.07, 6.45) is -2.94. The summed E-state index contributed by atoms with van der Waals surface area (Å²) in [5.74, 6) is -0.151. The lowest BCUT2D eigenvalue weighted by Gasteiger charge is -2.10. The molecule has 0 aliphatic carbocycles. The summed E-state index contributed by atoms with van der Waals surface area (Å²) in [6.45, 7) is 0.653. The third kappa shape index (κ3) is 4.51. The molecule has 118 valence electrons. The predicted octanol–water partition coefficient (Wildman–Crippen LogP) is 2.59. The Labute approximate surface area is 124 Å². The largest absolute Gasteiger partial charge is 0.484 e. The molecule has 2 rings (SSSR count). The number of halogens is 3. The molecule has 0 fully saturated rings. The maximum Gasteiger partial charge on any atom is 0.422 e. The van der Waals surface area contributed by atoms with Gasteiger partial charge in [0.15, 0.2) is 6.61 Å². The van der Waals surface area contributed by atoms with Gasteiger partial charge in [0.05, 0.1) is 11.8 Å². The summed E-state index contributed by atoms with van der Waals surface area (Å²) < 4.78 is 40.7. The first-order chi connectivity index (χ1) is 10.3. The predicted molar refractivity (Wildman–Crippen MR) is 72.5 cm³/mol. The molecule has 8 heteroatoms. The van der Waals surface area contributed by atoms with Gasteiger partial charge in [0.25, 0.3) is 5.91 Å². The topological polar surface area (TPSA) is 67.0 Å². The van der Waals surface area contributed by atoms with Crippen LogP contribution in [0.1, 0.15) is 21.6 Å². The second-order valence-electron chi connectivity index (χ2n) is 4.64. The minimum atomic E-state index is -4.37. The Hall–Kier alpha value is -2.51. The van der Waals surface area contributed by atoms with Crippen molar-refractivity contribution in [2.75, 3.05) is 6.61 Å². The number of aromatic nitrogens is 2. The van der Waals surface area contributed by atoms with Gasteiger partial charge in [-0.15, -0.1) is 0 Å². The summed E-state index contributed by atoms with van der Waals surface area (Å²) >= 11 is 0. The lowest BCUT2D eigenvalue weighted by atomic mass is 10.2. The molecule has 0 radical (unpaired) electrons. The van der Waals surface area contributed by atoms with E-state index in [9.17, 15) is 18.0 Å². The van der Waals surface area contributed by atoms with E-state index in [2.05, 4.69) is 20.3 Å². The van der Waals surface area contributed by atoms with Crippen molar-refractivity contribution in [3.63, 3.8) is 0 Å². The minimum Gasteiger partial charge on any atom is -0.484 e. The average Bonchev–Trinajstić information content (AvgIpc) is 2.89. The Kier molecular flexibility index (Phi) is 4.69. The highest BCUT2D eigenvalue weighted by atomic mass is 19.4.